The Labute approximate surface area is 104 Å². The van der Waals surface area contributed by atoms with Gasteiger partial charge in [0.25, 0.3) is 0 Å². The van der Waals surface area contributed by atoms with Gasteiger partial charge < -0.3 is 5.32 Å². The molecule has 1 amide bonds. The van der Waals surface area contributed by atoms with Gasteiger partial charge in [-0.3, -0.25) is 4.79 Å². The largest absolute Gasteiger partial charge is 0.352 e. The Bertz CT molecular complexity index is 208. The van der Waals surface area contributed by atoms with E-state index in [-0.39, 0.29) is 17.3 Å². The van der Waals surface area contributed by atoms with Gasteiger partial charge in [-0.25, -0.2) is 0 Å². The van der Waals surface area contributed by atoms with Crippen LogP contribution in [0.1, 0.15) is 64.7 Å². The fourth-order valence-corrected chi connectivity index (χ4v) is 2.58. The van der Waals surface area contributed by atoms with Gasteiger partial charge in [0, 0.05) is 12.5 Å². The molecular weight excluding hydrogens is 222 g/mol. The highest BCUT2D eigenvalue weighted by molar-refractivity contribution is 6.21. The number of unbranched alkanes of at least 4 members (excludes halogenated alkanes) is 2. The molecule has 2 unspecified atom stereocenters. The molecule has 1 saturated carbocycles. The molecule has 1 N–H and O–H groups in total. The average molecular weight is 246 g/mol. The molecule has 2 atom stereocenters. The minimum Gasteiger partial charge on any atom is -0.352 e. The molecule has 0 bridgehead atoms. The average Bonchev–Trinajstić information content (AvgIpc) is 2.45. The minimum atomic E-state index is 0.137. The molecule has 0 aromatic heterocycles. The molecule has 0 saturated heterocycles. The van der Waals surface area contributed by atoms with E-state index in [1.165, 1.54) is 19.3 Å². The smallest absolute Gasteiger partial charge is 0.220 e. The van der Waals surface area contributed by atoms with E-state index in [0.29, 0.717) is 6.42 Å². The van der Waals surface area contributed by atoms with Crippen molar-refractivity contribution in [2.45, 2.75) is 76.1 Å². The number of halogens is 1. The number of hydrogen-bond acceptors (Lipinski definition) is 1. The molecule has 3 heteroatoms. The number of carbonyl (C=O) groups excluding carboxylic acids is 1. The Hall–Kier alpha value is -0.240. The molecule has 1 fully saturated rings. The lowest BCUT2D eigenvalue weighted by Crippen LogP contribution is -2.40. The van der Waals surface area contributed by atoms with Crippen molar-refractivity contribution in [1.29, 1.82) is 0 Å². The highest BCUT2D eigenvalue weighted by Gasteiger charge is 2.22. The fourth-order valence-electron chi connectivity index (χ4n) is 2.24. The SMILES string of the molecule is CCCCCC(=O)NC1CCCCCC1Cl. The number of alkyl halides is 1. The quantitative estimate of drug-likeness (QED) is 0.447. The van der Waals surface area contributed by atoms with Gasteiger partial charge in [-0.1, -0.05) is 39.0 Å². The first-order chi connectivity index (χ1) is 7.74. The summed E-state index contributed by atoms with van der Waals surface area (Å²) in [5.74, 6) is 0.186. The second-order valence-corrected chi connectivity index (χ2v) is 5.35. The zero-order valence-corrected chi connectivity index (χ0v) is 11.1. The third-order valence-electron chi connectivity index (χ3n) is 3.29. The lowest BCUT2D eigenvalue weighted by atomic mass is 10.1. The fraction of sp³-hybridized carbons (Fsp3) is 0.923. The third kappa shape index (κ3) is 5.20. The van der Waals surface area contributed by atoms with E-state index in [4.69, 9.17) is 11.6 Å². The summed E-state index contributed by atoms with van der Waals surface area (Å²) in [6.07, 6.45) is 9.72. The molecule has 0 heterocycles. The molecule has 0 aromatic carbocycles. The topological polar surface area (TPSA) is 29.1 Å². The van der Waals surface area contributed by atoms with Crippen LogP contribution in [0.15, 0.2) is 0 Å². The molecule has 0 spiro atoms. The standard InChI is InChI=1S/C13H24ClNO/c1-2-3-5-10-13(16)15-12-9-7-4-6-8-11(12)14/h11-12H,2-10H2,1H3,(H,15,16). The molecule has 0 radical (unpaired) electrons. The lowest BCUT2D eigenvalue weighted by Gasteiger charge is -2.21. The Morgan fingerprint density at radius 2 is 2.00 bits per heavy atom. The van der Waals surface area contributed by atoms with Gasteiger partial charge >= 0.3 is 0 Å². The van der Waals surface area contributed by atoms with E-state index in [2.05, 4.69) is 12.2 Å². The van der Waals surface area contributed by atoms with Gasteiger partial charge in [0.1, 0.15) is 0 Å². The van der Waals surface area contributed by atoms with E-state index in [1.54, 1.807) is 0 Å². The Kier molecular flexibility index (Phi) is 6.86. The van der Waals surface area contributed by atoms with Crippen LogP contribution >= 0.6 is 11.6 Å². The third-order valence-corrected chi connectivity index (χ3v) is 3.81. The number of nitrogens with one attached hydrogen (secondary N) is 1. The van der Waals surface area contributed by atoms with Crippen molar-refractivity contribution in [3.63, 3.8) is 0 Å². The normalized spacial score (nSPS) is 26.1. The first kappa shape index (κ1) is 13.8. The molecule has 1 aliphatic rings. The lowest BCUT2D eigenvalue weighted by molar-refractivity contribution is -0.122. The predicted molar refractivity (Wildman–Crippen MR) is 68.8 cm³/mol. The summed E-state index contributed by atoms with van der Waals surface area (Å²) >= 11 is 6.28. The summed E-state index contributed by atoms with van der Waals surface area (Å²) in [4.78, 5) is 11.7. The maximum atomic E-state index is 11.7. The van der Waals surface area contributed by atoms with Crippen LogP contribution in [0.25, 0.3) is 0 Å². The van der Waals surface area contributed by atoms with Gasteiger partial charge in [0.15, 0.2) is 0 Å². The first-order valence-electron chi connectivity index (χ1n) is 6.67. The highest BCUT2D eigenvalue weighted by Crippen LogP contribution is 2.22. The van der Waals surface area contributed by atoms with Crippen LogP contribution in [0.5, 0.6) is 0 Å². The molecule has 2 nitrogen and oxygen atoms in total. The van der Waals surface area contributed by atoms with Crippen molar-refractivity contribution in [3.05, 3.63) is 0 Å². The number of carbonyl (C=O) groups is 1. The second kappa shape index (κ2) is 7.94. The monoisotopic (exact) mass is 245 g/mol. The molecular formula is C13H24ClNO. The van der Waals surface area contributed by atoms with Crippen LogP contribution in [0.4, 0.5) is 0 Å². The molecule has 0 aliphatic heterocycles. The van der Waals surface area contributed by atoms with Gasteiger partial charge in [-0.05, 0) is 19.3 Å². The van der Waals surface area contributed by atoms with Crippen LogP contribution in [-0.2, 0) is 4.79 Å². The molecule has 1 rings (SSSR count). The maximum absolute atomic E-state index is 11.7. The van der Waals surface area contributed by atoms with Crippen molar-refractivity contribution < 1.29 is 4.79 Å². The van der Waals surface area contributed by atoms with E-state index in [0.717, 1.165) is 32.1 Å². The Morgan fingerprint density at radius 3 is 2.75 bits per heavy atom. The number of hydrogen-bond donors (Lipinski definition) is 1. The highest BCUT2D eigenvalue weighted by atomic mass is 35.5. The second-order valence-electron chi connectivity index (χ2n) is 4.79. The predicted octanol–water partition coefficient (Wildman–Crippen LogP) is 3.62. The van der Waals surface area contributed by atoms with Crippen LogP contribution in [-0.4, -0.2) is 17.3 Å². The summed E-state index contributed by atoms with van der Waals surface area (Å²) in [6, 6.07) is 0.207. The Balaban J connectivity index is 2.25. The van der Waals surface area contributed by atoms with E-state index >= 15 is 0 Å². The van der Waals surface area contributed by atoms with E-state index in [1.807, 2.05) is 0 Å². The van der Waals surface area contributed by atoms with Crippen LogP contribution < -0.4 is 5.32 Å². The summed E-state index contributed by atoms with van der Waals surface area (Å²) in [7, 11) is 0. The summed E-state index contributed by atoms with van der Waals surface area (Å²) in [5, 5.41) is 3.23. The van der Waals surface area contributed by atoms with E-state index < -0.39 is 0 Å². The first-order valence-corrected chi connectivity index (χ1v) is 7.11. The molecule has 0 aromatic rings. The van der Waals surface area contributed by atoms with Crippen molar-refractivity contribution in [3.8, 4) is 0 Å². The van der Waals surface area contributed by atoms with Gasteiger partial charge in [0.05, 0.1) is 5.38 Å². The van der Waals surface area contributed by atoms with Gasteiger partial charge in [-0.15, -0.1) is 11.6 Å². The number of amides is 1. The van der Waals surface area contributed by atoms with Crippen molar-refractivity contribution in [1.82, 2.24) is 5.32 Å². The number of rotatable bonds is 5. The van der Waals surface area contributed by atoms with Crippen LogP contribution in [0, 0.1) is 0 Å². The minimum absolute atomic E-state index is 0.137. The van der Waals surface area contributed by atoms with Crippen molar-refractivity contribution in [2.24, 2.45) is 0 Å². The van der Waals surface area contributed by atoms with Crippen molar-refractivity contribution in [2.75, 3.05) is 0 Å². The summed E-state index contributed by atoms with van der Waals surface area (Å²) < 4.78 is 0. The van der Waals surface area contributed by atoms with Gasteiger partial charge in [-0.2, -0.15) is 0 Å². The van der Waals surface area contributed by atoms with Gasteiger partial charge in [0.2, 0.25) is 5.91 Å². The maximum Gasteiger partial charge on any atom is 0.220 e. The molecule has 94 valence electrons. The molecule has 1 aliphatic carbocycles. The summed E-state index contributed by atoms with van der Waals surface area (Å²) in [5.41, 5.74) is 0. The zero-order chi connectivity index (χ0) is 11.8. The zero-order valence-electron chi connectivity index (χ0n) is 10.3. The Morgan fingerprint density at radius 1 is 1.25 bits per heavy atom. The molecule has 16 heavy (non-hydrogen) atoms. The summed E-state index contributed by atoms with van der Waals surface area (Å²) in [6.45, 7) is 2.15. The van der Waals surface area contributed by atoms with Crippen LogP contribution in [0.3, 0.4) is 0 Å². The van der Waals surface area contributed by atoms with E-state index in [9.17, 15) is 4.79 Å². The van der Waals surface area contributed by atoms with Crippen molar-refractivity contribution >= 4 is 17.5 Å². The van der Waals surface area contributed by atoms with Crippen LogP contribution in [0.2, 0.25) is 0 Å².